The maximum absolute atomic E-state index is 12.1. The Morgan fingerprint density at radius 2 is 2.10 bits per heavy atom. The normalized spacial score (nSPS) is 12.9. The number of alkyl halides is 1. The van der Waals surface area contributed by atoms with E-state index in [9.17, 15) is 4.79 Å². The Balaban J connectivity index is 2.64. The second kappa shape index (κ2) is 7.32. The van der Waals surface area contributed by atoms with Gasteiger partial charge in [-0.25, -0.2) is 0 Å². The molecule has 0 fully saturated rings. The van der Waals surface area contributed by atoms with Crippen LogP contribution >= 0.6 is 27.5 Å². The second-order valence-electron chi connectivity index (χ2n) is 5.92. The number of carbonyl (C=O) groups is 1. The molecule has 1 amide bonds. The number of benzene rings is 1. The van der Waals surface area contributed by atoms with E-state index in [1.165, 1.54) is 0 Å². The van der Waals surface area contributed by atoms with E-state index in [-0.39, 0.29) is 16.7 Å². The van der Waals surface area contributed by atoms with Crippen LogP contribution in [0.4, 0.5) is 0 Å². The molecule has 0 aliphatic carbocycles. The van der Waals surface area contributed by atoms with Crippen molar-refractivity contribution in [2.45, 2.75) is 32.6 Å². The van der Waals surface area contributed by atoms with E-state index < -0.39 is 0 Å². The largest absolute Gasteiger partial charge is 0.496 e. The molecule has 1 unspecified atom stereocenters. The molecule has 0 aliphatic heterocycles. The number of halogens is 2. The predicted molar refractivity (Wildman–Crippen MR) is 86.7 cm³/mol. The summed E-state index contributed by atoms with van der Waals surface area (Å²) in [4.78, 5) is 12.1. The average Bonchev–Trinajstić information content (AvgIpc) is 2.33. The maximum Gasteiger partial charge on any atom is 0.255 e. The quantitative estimate of drug-likeness (QED) is 0.796. The van der Waals surface area contributed by atoms with Gasteiger partial charge in [0.2, 0.25) is 0 Å². The molecule has 112 valence electrons. The van der Waals surface area contributed by atoms with E-state index >= 15 is 0 Å². The van der Waals surface area contributed by atoms with Crippen LogP contribution in [0.5, 0.6) is 5.75 Å². The van der Waals surface area contributed by atoms with E-state index in [0.29, 0.717) is 17.9 Å². The van der Waals surface area contributed by atoms with Crippen LogP contribution in [0.15, 0.2) is 22.7 Å². The van der Waals surface area contributed by atoms with Gasteiger partial charge in [-0.2, -0.15) is 0 Å². The van der Waals surface area contributed by atoms with E-state index in [1.807, 2.05) is 6.07 Å². The molecule has 0 spiro atoms. The molecule has 0 aromatic heterocycles. The van der Waals surface area contributed by atoms with Gasteiger partial charge >= 0.3 is 0 Å². The van der Waals surface area contributed by atoms with Crippen LogP contribution in [0, 0.1) is 5.41 Å². The van der Waals surface area contributed by atoms with Gasteiger partial charge in [0, 0.05) is 11.0 Å². The highest BCUT2D eigenvalue weighted by Gasteiger charge is 2.18. The Morgan fingerprint density at radius 1 is 1.45 bits per heavy atom. The molecule has 20 heavy (non-hydrogen) atoms. The molecule has 1 N–H and O–H groups in total. The van der Waals surface area contributed by atoms with Crippen molar-refractivity contribution < 1.29 is 9.53 Å². The predicted octanol–water partition coefficient (Wildman–Crippen LogP) is 4.23. The summed E-state index contributed by atoms with van der Waals surface area (Å²) in [5, 5.41) is 2.77. The zero-order valence-electron chi connectivity index (χ0n) is 12.3. The highest BCUT2D eigenvalue weighted by Crippen LogP contribution is 2.25. The third-order valence-electron chi connectivity index (χ3n) is 2.73. The number of methoxy groups -OCH3 is 1. The highest BCUT2D eigenvalue weighted by atomic mass is 79.9. The first-order valence-electron chi connectivity index (χ1n) is 6.49. The lowest BCUT2D eigenvalue weighted by atomic mass is 9.90. The van der Waals surface area contributed by atoms with Crippen molar-refractivity contribution in [1.82, 2.24) is 5.32 Å². The summed E-state index contributed by atoms with van der Waals surface area (Å²) in [5.41, 5.74) is 0.655. The van der Waals surface area contributed by atoms with Gasteiger partial charge in [0.05, 0.1) is 18.1 Å². The lowest BCUT2D eigenvalue weighted by Crippen LogP contribution is -2.31. The van der Waals surface area contributed by atoms with Crippen molar-refractivity contribution in [3.63, 3.8) is 0 Å². The molecule has 0 saturated carbocycles. The third kappa shape index (κ3) is 5.71. The van der Waals surface area contributed by atoms with Gasteiger partial charge in [-0.3, -0.25) is 4.79 Å². The Hall–Kier alpha value is -0.740. The van der Waals surface area contributed by atoms with Gasteiger partial charge < -0.3 is 10.1 Å². The zero-order chi connectivity index (χ0) is 15.3. The highest BCUT2D eigenvalue weighted by molar-refractivity contribution is 9.10. The fraction of sp³-hybridized carbons (Fsp3) is 0.533. The van der Waals surface area contributed by atoms with Crippen molar-refractivity contribution in [1.29, 1.82) is 0 Å². The Morgan fingerprint density at radius 3 is 2.65 bits per heavy atom. The van der Waals surface area contributed by atoms with Crippen LogP contribution < -0.4 is 10.1 Å². The van der Waals surface area contributed by atoms with Crippen molar-refractivity contribution >= 4 is 33.4 Å². The minimum Gasteiger partial charge on any atom is -0.496 e. The van der Waals surface area contributed by atoms with Crippen molar-refractivity contribution in [3.05, 3.63) is 28.2 Å². The van der Waals surface area contributed by atoms with Crippen molar-refractivity contribution in [3.8, 4) is 5.75 Å². The number of hydrogen-bond donors (Lipinski definition) is 1. The van der Waals surface area contributed by atoms with Crippen LogP contribution in [0.2, 0.25) is 0 Å². The Labute approximate surface area is 134 Å². The van der Waals surface area contributed by atoms with E-state index in [4.69, 9.17) is 16.3 Å². The smallest absolute Gasteiger partial charge is 0.255 e. The molecule has 1 aromatic rings. The molecule has 0 heterocycles. The number of hydrogen-bond acceptors (Lipinski definition) is 2. The topological polar surface area (TPSA) is 38.3 Å². The van der Waals surface area contributed by atoms with Crippen LogP contribution in [-0.4, -0.2) is 24.9 Å². The van der Waals surface area contributed by atoms with Gasteiger partial charge in [-0.05, 0) is 30.0 Å². The molecule has 0 aliphatic rings. The molecule has 1 aromatic carbocycles. The lowest BCUT2D eigenvalue weighted by Gasteiger charge is -2.22. The summed E-state index contributed by atoms with van der Waals surface area (Å²) >= 11 is 9.59. The van der Waals surface area contributed by atoms with Gasteiger partial charge in [0.25, 0.3) is 5.91 Å². The summed E-state index contributed by atoms with van der Waals surface area (Å²) in [6, 6.07) is 5.30. The van der Waals surface area contributed by atoms with Crippen LogP contribution in [0.25, 0.3) is 0 Å². The van der Waals surface area contributed by atoms with Crippen LogP contribution in [0.1, 0.15) is 37.6 Å². The third-order valence-corrected chi connectivity index (χ3v) is 3.53. The molecule has 0 radical (unpaired) electrons. The lowest BCUT2D eigenvalue weighted by molar-refractivity contribution is 0.0949. The average molecular weight is 363 g/mol. The van der Waals surface area contributed by atoms with Crippen LogP contribution in [0.3, 0.4) is 0 Å². The van der Waals surface area contributed by atoms with Gasteiger partial charge in [0.1, 0.15) is 5.75 Å². The first kappa shape index (κ1) is 17.3. The molecule has 0 bridgehead atoms. The monoisotopic (exact) mass is 361 g/mol. The fourth-order valence-electron chi connectivity index (χ4n) is 1.89. The van der Waals surface area contributed by atoms with Gasteiger partial charge in [0.15, 0.2) is 0 Å². The second-order valence-corrected chi connectivity index (χ2v) is 7.45. The standard InChI is InChI=1S/C15H21BrClNO2/c1-15(2,3)8-11(17)9-18-14(19)12-6-5-10(16)7-13(12)20-4/h5-7,11H,8-9H2,1-4H3,(H,18,19). The summed E-state index contributed by atoms with van der Waals surface area (Å²) in [6.45, 7) is 6.82. The number of nitrogens with one attached hydrogen (secondary N) is 1. The van der Waals surface area contributed by atoms with E-state index in [1.54, 1.807) is 19.2 Å². The SMILES string of the molecule is COc1cc(Br)ccc1C(=O)NCC(Cl)CC(C)(C)C. The summed E-state index contributed by atoms with van der Waals surface area (Å²) in [7, 11) is 1.54. The fourth-order valence-corrected chi connectivity index (χ4v) is 2.77. The molecule has 0 saturated heterocycles. The minimum absolute atomic E-state index is 0.0830. The molecule has 1 atom stereocenters. The van der Waals surface area contributed by atoms with Crippen molar-refractivity contribution in [2.75, 3.05) is 13.7 Å². The number of carbonyl (C=O) groups excluding carboxylic acids is 1. The number of rotatable bonds is 5. The molecule has 3 nitrogen and oxygen atoms in total. The number of amides is 1. The first-order chi connectivity index (χ1) is 9.23. The summed E-state index contributed by atoms with van der Waals surface area (Å²) in [6.07, 6.45) is 0.840. The molecular weight excluding hydrogens is 342 g/mol. The molecular formula is C15H21BrClNO2. The molecule has 5 heteroatoms. The Bertz CT molecular complexity index is 471. The van der Waals surface area contributed by atoms with Crippen molar-refractivity contribution in [2.24, 2.45) is 5.41 Å². The molecule has 1 rings (SSSR count). The van der Waals surface area contributed by atoms with E-state index in [0.717, 1.165) is 10.9 Å². The summed E-state index contributed by atoms with van der Waals surface area (Å²) in [5.74, 6) is 0.368. The Kier molecular flexibility index (Phi) is 6.34. The minimum atomic E-state index is -0.172. The zero-order valence-corrected chi connectivity index (χ0v) is 14.6. The number of ether oxygens (including phenoxy) is 1. The van der Waals surface area contributed by atoms with Crippen LogP contribution in [-0.2, 0) is 0 Å². The van der Waals surface area contributed by atoms with Gasteiger partial charge in [-0.15, -0.1) is 11.6 Å². The summed E-state index contributed by atoms with van der Waals surface area (Å²) < 4.78 is 6.08. The van der Waals surface area contributed by atoms with E-state index in [2.05, 4.69) is 42.0 Å². The van der Waals surface area contributed by atoms with Gasteiger partial charge in [-0.1, -0.05) is 36.7 Å². The maximum atomic E-state index is 12.1. The first-order valence-corrected chi connectivity index (χ1v) is 7.71.